The van der Waals surface area contributed by atoms with Gasteiger partial charge in [0.2, 0.25) is 0 Å². The van der Waals surface area contributed by atoms with Gasteiger partial charge in [0.05, 0.1) is 6.26 Å². The molecule has 1 nitrogen and oxygen atoms in total. The van der Waals surface area contributed by atoms with E-state index in [2.05, 4.69) is 26.8 Å². The largest absolute Gasteiger partial charge is 0.491 e. The first-order chi connectivity index (χ1) is 6.16. The summed E-state index contributed by atoms with van der Waals surface area (Å²) in [6.07, 6.45) is 7.54. The molecule has 0 radical (unpaired) electrons. The van der Waals surface area contributed by atoms with Gasteiger partial charge in [-0.3, -0.25) is 0 Å². The van der Waals surface area contributed by atoms with E-state index in [9.17, 15) is 0 Å². The van der Waals surface area contributed by atoms with E-state index >= 15 is 0 Å². The summed E-state index contributed by atoms with van der Waals surface area (Å²) in [5.74, 6) is 0.745. The third kappa shape index (κ3) is 1.21. The minimum absolute atomic E-state index is 0.0522. The van der Waals surface area contributed by atoms with Crippen molar-refractivity contribution in [3.8, 4) is 0 Å². The third-order valence-corrected chi connectivity index (χ3v) is 3.83. The average molecular weight is 178 g/mol. The van der Waals surface area contributed by atoms with Gasteiger partial charge in [0, 0.05) is 6.42 Å². The maximum atomic E-state index is 5.77. The van der Waals surface area contributed by atoms with Crippen molar-refractivity contribution in [1.82, 2.24) is 0 Å². The molecule has 0 saturated carbocycles. The summed E-state index contributed by atoms with van der Waals surface area (Å²) in [5.41, 5.74) is 3.06. The Hall–Kier alpha value is -0.720. The van der Waals surface area contributed by atoms with Crippen LogP contribution in [0.15, 0.2) is 23.5 Å². The highest BCUT2D eigenvalue weighted by molar-refractivity contribution is 5.29. The number of rotatable bonds is 0. The average Bonchev–Trinajstić information content (AvgIpc) is 2.59. The highest BCUT2D eigenvalue weighted by atomic mass is 16.5. The molecule has 1 heteroatoms. The molecule has 0 saturated heterocycles. The van der Waals surface area contributed by atoms with Crippen molar-refractivity contribution >= 4 is 0 Å². The van der Waals surface area contributed by atoms with Gasteiger partial charge in [-0.25, -0.2) is 0 Å². The number of hydrogen-bond acceptors (Lipinski definition) is 1. The fourth-order valence-electron chi connectivity index (χ4n) is 2.45. The number of hydrogen-bond donors (Lipinski definition) is 0. The Bertz CT molecular complexity index is 265. The summed E-state index contributed by atoms with van der Waals surface area (Å²) < 4.78 is 5.77. The predicted molar refractivity (Wildman–Crippen MR) is 54.3 cm³/mol. The van der Waals surface area contributed by atoms with Crippen molar-refractivity contribution in [2.75, 3.05) is 0 Å². The van der Waals surface area contributed by atoms with Gasteiger partial charge in [0.1, 0.15) is 5.60 Å². The Morgan fingerprint density at radius 1 is 1.46 bits per heavy atom. The van der Waals surface area contributed by atoms with Crippen LogP contribution < -0.4 is 0 Å². The van der Waals surface area contributed by atoms with Gasteiger partial charge in [0.15, 0.2) is 0 Å². The second-order valence-electron chi connectivity index (χ2n) is 4.44. The second-order valence-corrected chi connectivity index (χ2v) is 4.44. The Kier molecular flexibility index (Phi) is 1.98. The lowest BCUT2D eigenvalue weighted by Gasteiger charge is -2.37. The standard InChI is InChI=1S/C12H18O/c1-9-5-7-12(6-4-8-13-12)11(3)10(9)2/h4,8-9H,5-7H2,1-3H3/t9-,12-/m0/s1. The van der Waals surface area contributed by atoms with E-state index in [1.807, 2.05) is 6.26 Å². The lowest BCUT2D eigenvalue weighted by molar-refractivity contribution is 0.0574. The molecule has 0 fully saturated rings. The normalized spacial score (nSPS) is 38.5. The van der Waals surface area contributed by atoms with E-state index in [4.69, 9.17) is 4.74 Å². The predicted octanol–water partition coefficient (Wildman–Crippen LogP) is 3.43. The molecule has 0 N–H and O–H groups in total. The van der Waals surface area contributed by atoms with Crippen LogP contribution >= 0.6 is 0 Å². The summed E-state index contributed by atoms with van der Waals surface area (Å²) in [4.78, 5) is 0. The summed E-state index contributed by atoms with van der Waals surface area (Å²) in [5, 5.41) is 0. The summed E-state index contributed by atoms with van der Waals surface area (Å²) in [7, 11) is 0. The quantitative estimate of drug-likeness (QED) is 0.516. The van der Waals surface area contributed by atoms with Crippen LogP contribution in [0.1, 0.15) is 40.0 Å². The molecule has 0 aromatic rings. The molecule has 1 aliphatic carbocycles. The minimum Gasteiger partial charge on any atom is -0.491 e. The zero-order chi connectivity index (χ0) is 9.47. The zero-order valence-electron chi connectivity index (χ0n) is 8.76. The van der Waals surface area contributed by atoms with Crippen molar-refractivity contribution in [3.05, 3.63) is 23.5 Å². The van der Waals surface area contributed by atoms with Crippen LogP contribution in [0.5, 0.6) is 0 Å². The summed E-state index contributed by atoms with van der Waals surface area (Å²) >= 11 is 0. The minimum atomic E-state index is 0.0522. The molecule has 13 heavy (non-hydrogen) atoms. The van der Waals surface area contributed by atoms with Crippen molar-refractivity contribution in [3.63, 3.8) is 0 Å². The molecule has 1 heterocycles. The van der Waals surface area contributed by atoms with Crippen LogP contribution in [-0.4, -0.2) is 5.60 Å². The molecule has 2 atom stereocenters. The Morgan fingerprint density at radius 3 is 2.85 bits per heavy atom. The highest BCUT2D eigenvalue weighted by Gasteiger charge is 2.39. The number of allylic oxidation sites excluding steroid dienone is 1. The first-order valence-electron chi connectivity index (χ1n) is 5.16. The van der Waals surface area contributed by atoms with Crippen LogP contribution in [0.2, 0.25) is 0 Å². The SMILES string of the molecule is CC1=C(C)[C@]2(CC=CO2)CC[C@@H]1C. The molecule has 0 bridgehead atoms. The second kappa shape index (κ2) is 2.90. The van der Waals surface area contributed by atoms with Gasteiger partial charge in [-0.2, -0.15) is 0 Å². The van der Waals surface area contributed by atoms with Crippen molar-refractivity contribution in [2.24, 2.45) is 5.92 Å². The Labute approximate surface area is 80.5 Å². The van der Waals surface area contributed by atoms with Crippen LogP contribution in [0, 0.1) is 5.92 Å². The van der Waals surface area contributed by atoms with Crippen LogP contribution in [0.4, 0.5) is 0 Å². The Morgan fingerprint density at radius 2 is 2.23 bits per heavy atom. The summed E-state index contributed by atoms with van der Waals surface area (Å²) in [6.45, 7) is 6.80. The van der Waals surface area contributed by atoms with Gasteiger partial charge in [-0.1, -0.05) is 12.5 Å². The molecule has 1 aliphatic heterocycles. The maximum absolute atomic E-state index is 5.77. The van der Waals surface area contributed by atoms with Crippen LogP contribution in [0.25, 0.3) is 0 Å². The Balaban J connectivity index is 2.33. The van der Waals surface area contributed by atoms with E-state index in [1.165, 1.54) is 24.0 Å². The van der Waals surface area contributed by atoms with Gasteiger partial charge < -0.3 is 4.74 Å². The van der Waals surface area contributed by atoms with Crippen molar-refractivity contribution in [1.29, 1.82) is 0 Å². The van der Waals surface area contributed by atoms with Crippen LogP contribution in [-0.2, 0) is 4.74 Å². The molecule has 0 aromatic heterocycles. The van der Waals surface area contributed by atoms with E-state index in [0.717, 1.165) is 12.3 Å². The van der Waals surface area contributed by atoms with Crippen molar-refractivity contribution in [2.45, 2.75) is 45.6 Å². The molecule has 72 valence electrons. The van der Waals surface area contributed by atoms with E-state index in [-0.39, 0.29) is 5.60 Å². The fourth-order valence-corrected chi connectivity index (χ4v) is 2.45. The van der Waals surface area contributed by atoms with Gasteiger partial charge in [0.25, 0.3) is 0 Å². The lowest BCUT2D eigenvalue weighted by atomic mass is 9.74. The van der Waals surface area contributed by atoms with E-state index in [0.29, 0.717) is 0 Å². The van der Waals surface area contributed by atoms with Gasteiger partial charge in [-0.05, 0) is 44.3 Å². The van der Waals surface area contributed by atoms with Crippen LogP contribution in [0.3, 0.4) is 0 Å². The lowest BCUT2D eigenvalue weighted by Crippen LogP contribution is -2.34. The topological polar surface area (TPSA) is 9.23 Å². The highest BCUT2D eigenvalue weighted by Crippen LogP contribution is 2.43. The zero-order valence-corrected chi connectivity index (χ0v) is 8.76. The van der Waals surface area contributed by atoms with Crippen molar-refractivity contribution < 1.29 is 4.74 Å². The molecule has 0 unspecified atom stereocenters. The summed E-state index contributed by atoms with van der Waals surface area (Å²) in [6, 6.07) is 0. The third-order valence-electron chi connectivity index (χ3n) is 3.83. The van der Waals surface area contributed by atoms with E-state index in [1.54, 1.807) is 0 Å². The fraction of sp³-hybridized carbons (Fsp3) is 0.667. The monoisotopic (exact) mass is 178 g/mol. The van der Waals surface area contributed by atoms with Gasteiger partial charge >= 0.3 is 0 Å². The molecule has 2 aliphatic rings. The van der Waals surface area contributed by atoms with E-state index < -0.39 is 0 Å². The molecular weight excluding hydrogens is 160 g/mol. The molecule has 1 spiro atoms. The first kappa shape index (κ1) is 8.86. The molecule has 2 rings (SSSR count). The molecule has 0 amide bonds. The van der Waals surface area contributed by atoms with Gasteiger partial charge in [-0.15, -0.1) is 0 Å². The first-order valence-corrected chi connectivity index (χ1v) is 5.16. The molecule has 0 aromatic carbocycles. The maximum Gasteiger partial charge on any atom is 0.133 e. The smallest absolute Gasteiger partial charge is 0.133 e. The molecular formula is C12H18O. The number of ether oxygens (including phenoxy) is 1.